The Morgan fingerprint density at radius 2 is 2.25 bits per heavy atom. The van der Waals surface area contributed by atoms with E-state index in [-0.39, 0.29) is 5.91 Å². The summed E-state index contributed by atoms with van der Waals surface area (Å²) in [5.74, 6) is 0.363. The first-order chi connectivity index (χ1) is 5.62. The smallest absolute Gasteiger partial charge is 0.258 e. The van der Waals surface area contributed by atoms with E-state index >= 15 is 0 Å². The normalized spacial score (nSPS) is 18.7. The third kappa shape index (κ3) is 0.980. The van der Waals surface area contributed by atoms with Gasteiger partial charge >= 0.3 is 0 Å². The number of halogens is 2. The minimum atomic E-state index is -0.864. The van der Waals surface area contributed by atoms with Gasteiger partial charge in [-0.15, -0.1) is 0 Å². The molecule has 1 amide bonds. The molecule has 4 nitrogen and oxygen atoms in total. The minimum Gasteiger partial charge on any atom is -0.308 e. The number of alkyl halides is 2. The number of carbonyl (C=O) groups is 1. The summed E-state index contributed by atoms with van der Waals surface area (Å²) in [5.41, 5.74) is 0.704. The summed E-state index contributed by atoms with van der Waals surface area (Å²) in [7, 11) is 0. The van der Waals surface area contributed by atoms with Gasteiger partial charge in [0.2, 0.25) is 0 Å². The van der Waals surface area contributed by atoms with Crippen LogP contribution in [0.3, 0.4) is 0 Å². The zero-order chi connectivity index (χ0) is 8.77. The molecule has 0 saturated carbocycles. The van der Waals surface area contributed by atoms with Crippen LogP contribution < -0.4 is 5.32 Å². The molecule has 0 aromatic carbocycles. The predicted molar refractivity (Wildman–Crippen MR) is 50.2 cm³/mol. The molecule has 0 saturated heterocycles. The second-order valence-electron chi connectivity index (χ2n) is 2.31. The Morgan fingerprint density at radius 3 is 2.92 bits per heavy atom. The van der Waals surface area contributed by atoms with E-state index in [1.54, 1.807) is 6.20 Å². The van der Waals surface area contributed by atoms with Crippen molar-refractivity contribution in [3.8, 4) is 0 Å². The Kier molecular flexibility index (Phi) is 1.69. The molecule has 0 spiro atoms. The summed E-state index contributed by atoms with van der Waals surface area (Å²) >= 11 is 6.46. The van der Waals surface area contributed by atoms with Crippen molar-refractivity contribution in [2.45, 2.75) is 3.23 Å². The first-order valence-electron chi connectivity index (χ1n) is 3.12. The maximum Gasteiger partial charge on any atom is 0.258 e. The number of aromatic nitrogens is 2. The fraction of sp³-hybridized carbons (Fsp3) is 0.167. The summed E-state index contributed by atoms with van der Waals surface area (Å²) in [6.07, 6.45) is 2.98. The van der Waals surface area contributed by atoms with Crippen molar-refractivity contribution < 1.29 is 4.79 Å². The number of carbonyl (C=O) groups excluding carboxylic acids is 1. The molecular formula is C6H3Br2N3O. The van der Waals surface area contributed by atoms with Gasteiger partial charge in [0.1, 0.15) is 12.1 Å². The lowest BCUT2D eigenvalue weighted by Gasteiger charge is -2.08. The molecule has 0 radical (unpaired) electrons. The zero-order valence-electron chi connectivity index (χ0n) is 5.71. The van der Waals surface area contributed by atoms with E-state index in [0.717, 1.165) is 0 Å². The monoisotopic (exact) mass is 291 g/mol. The van der Waals surface area contributed by atoms with Gasteiger partial charge in [0.25, 0.3) is 5.91 Å². The lowest BCUT2D eigenvalue weighted by molar-refractivity contribution is -0.115. The van der Waals surface area contributed by atoms with Gasteiger partial charge in [-0.1, -0.05) is 31.9 Å². The fourth-order valence-corrected chi connectivity index (χ4v) is 1.75. The van der Waals surface area contributed by atoms with Gasteiger partial charge in [-0.3, -0.25) is 4.79 Å². The van der Waals surface area contributed by atoms with Gasteiger partial charge in [-0.05, 0) is 0 Å². The van der Waals surface area contributed by atoms with E-state index in [4.69, 9.17) is 0 Å². The Morgan fingerprint density at radius 1 is 1.50 bits per heavy atom. The molecule has 0 atom stereocenters. The van der Waals surface area contributed by atoms with Crippen molar-refractivity contribution in [3.63, 3.8) is 0 Å². The molecule has 1 aliphatic heterocycles. The Balaban J connectivity index is 2.63. The minimum absolute atomic E-state index is 0.182. The highest BCUT2D eigenvalue weighted by Gasteiger charge is 2.43. The molecule has 0 fully saturated rings. The molecule has 1 aromatic heterocycles. The van der Waals surface area contributed by atoms with Gasteiger partial charge in [-0.25, -0.2) is 9.97 Å². The van der Waals surface area contributed by atoms with E-state index in [1.807, 2.05) is 0 Å². The van der Waals surface area contributed by atoms with E-state index in [1.165, 1.54) is 6.33 Å². The Labute approximate surface area is 85.0 Å². The number of rotatable bonds is 0. The summed E-state index contributed by atoms with van der Waals surface area (Å²) in [5, 5.41) is 2.60. The fourth-order valence-electron chi connectivity index (χ4n) is 0.967. The van der Waals surface area contributed by atoms with E-state index in [0.29, 0.717) is 11.4 Å². The summed E-state index contributed by atoms with van der Waals surface area (Å²) < 4.78 is -0.864. The largest absolute Gasteiger partial charge is 0.308 e. The van der Waals surface area contributed by atoms with Crippen LogP contribution in [0.1, 0.15) is 5.56 Å². The van der Waals surface area contributed by atoms with Crippen LogP contribution in [0.15, 0.2) is 12.5 Å². The number of hydrogen-bond acceptors (Lipinski definition) is 3. The maximum absolute atomic E-state index is 11.3. The first-order valence-corrected chi connectivity index (χ1v) is 4.70. The highest BCUT2D eigenvalue weighted by molar-refractivity contribution is 9.25. The van der Waals surface area contributed by atoms with Crippen LogP contribution in [0.5, 0.6) is 0 Å². The molecule has 0 unspecified atom stereocenters. The number of hydrogen-bond donors (Lipinski definition) is 1. The van der Waals surface area contributed by atoms with Crippen LogP contribution in [-0.4, -0.2) is 15.9 Å². The van der Waals surface area contributed by atoms with E-state index in [2.05, 4.69) is 47.1 Å². The van der Waals surface area contributed by atoms with Crippen LogP contribution in [-0.2, 0) is 8.03 Å². The van der Waals surface area contributed by atoms with Crippen LogP contribution >= 0.6 is 31.9 Å². The number of amides is 1. The molecule has 1 aromatic rings. The standard InChI is InChI=1S/C6H3Br2N3O/c7-6(8)3-1-9-2-10-4(3)11-5(6)12/h1-2H,(H,9,10,11,12). The zero-order valence-corrected chi connectivity index (χ0v) is 8.89. The molecule has 1 aliphatic rings. The predicted octanol–water partition coefficient (Wildman–Crippen LogP) is 1.37. The number of anilines is 1. The molecule has 12 heavy (non-hydrogen) atoms. The van der Waals surface area contributed by atoms with Crippen LogP contribution in [0.2, 0.25) is 0 Å². The summed E-state index contributed by atoms with van der Waals surface area (Å²) in [6, 6.07) is 0. The Bertz CT molecular complexity index is 352. The van der Waals surface area contributed by atoms with Crippen LogP contribution in [0.4, 0.5) is 5.82 Å². The third-order valence-corrected chi connectivity index (χ3v) is 3.14. The molecule has 2 heterocycles. The van der Waals surface area contributed by atoms with Gasteiger partial charge in [0.05, 0.1) is 5.56 Å². The topological polar surface area (TPSA) is 54.9 Å². The lowest BCUT2D eigenvalue weighted by atomic mass is 10.3. The van der Waals surface area contributed by atoms with Crippen molar-refractivity contribution in [2.75, 3.05) is 5.32 Å². The van der Waals surface area contributed by atoms with Gasteiger partial charge in [0, 0.05) is 6.20 Å². The van der Waals surface area contributed by atoms with Gasteiger partial charge in [-0.2, -0.15) is 0 Å². The molecule has 0 bridgehead atoms. The highest BCUT2D eigenvalue weighted by Crippen LogP contribution is 2.45. The van der Waals surface area contributed by atoms with Crippen molar-refractivity contribution >= 4 is 43.6 Å². The van der Waals surface area contributed by atoms with E-state index < -0.39 is 3.23 Å². The van der Waals surface area contributed by atoms with Gasteiger partial charge < -0.3 is 5.32 Å². The maximum atomic E-state index is 11.3. The average molecular weight is 293 g/mol. The summed E-state index contributed by atoms with van der Waals surface area (Å²) in [4.78, 5) is 19.0. The SMILES string of the molecule is O=C1Nc2ncncc2C1(Br)Br. The number of nitrogens with zero attached hydrogens (tertiary/aromatic N) is 2. The second kappa shape index (κ2) is 2.50. The lowest BCUT2D eigenvalue weighted by Crippen LogP contribution is -2.20. The van der Waals surface area contributed by atoms with Crippen LogP contribution in [0.25, 0.3) is 0 Å². The van der Waals surface area contributed by atoms with E-state index in [9.17, 15) is 4.79 Å². The number of fused-ring (bicyclic) bond motifs is 1. The van der Waals surface area contributed by atoms with Crippen molar-refractivity contribution in [3.05, 3.63) is 18.1 Å². The summed E-state index contributed by atoms with van der Waals surface area (Å²) in [6.45, 7) is 0. The van der Waals surface area contributed by atoms with Crippen molar-refractivity contribution in [1.82, 2.24) is 9.97 Å². The van der Waals surface area contributed by atoms with Crippen molar-refractivity contribution in [2.24, 2.45) is 0 Å². The molecule has 1 N–H and O–H groups in total. The van der Waals surface area contributed by atoms with Crippen molar-refractivity contribution in [1.29, 1.82) is 0 Å². The molecule has 2 rings (SSSR count). The van der Waals surface area contributed by atoms with Crippen LogP contribution in [0, 0.1) is 0 Å². The van der Waals surface area contributed by atoms with Gasteiger partial charge in [0.15, 0.2) is 3.23 Å². The molecule has 0 aliphatic carbocycles. The second-order valence-corrected chi connectivity index (χ2v) is 5.76. The molecular weight excluding hydrogens is 290 g/mol. The molecule has 62 valence electrons. The Hall–Kier alpha value is -0.490. The third-order valence-electron chi connectivity index (χ3n) is 1.57. The highest BCUT2D eigenvalue weighted by atomic mass is 79.9. The number of nitrogens with one attached hydrogen (secondary N) is 1. The molecule has 6 heteroatoms. The first kappa shape index (κ1) is 8.12. The quantitative estimate of drug-likeness (QED) is 0.735. The average Bonchev–Trinajstić information content (AvgIpc) is 2.25.